The highest BCUT2D eigenvalue weighted by Crippen LogP contribution is 2.38. The third kappa shape index (κ3) is 5.61. The summed E-state index contributed by atoms with van der Waals surface area (Å²) in [5, 5.41) is 3.94. The lowest BCUT2D eigenvalue weighted by molar-refractivity contribution is -0.116. The second-order valence-corrected chi connectivity index (χ2v) is 8.23. The van der Waals surface area contributed by atoms with Crippen molar-refractivity contribution in [2.24, 2.45) is 0 Å². The Bertz CT molecular complexity index is 1160. The first-order chi connectivity index (χ1) is 16.6. The average molecular weight is 465 g/mol. The van der Waals surface area contributed by atoms with E-state index in [2.05, 4.69) is 10.2 Å². The molecule has 7 heteroatoms. The maximum Gasteiger partial charge on any atom is 0.244 e. The number of nitrogens with one attached hydrogen (secondary N) is 1. The second kappa shape index (κ2) is 11.2. The highest BCUT2D eigenvalue weighted by molar-refractivity contribution is 6.00. The van der Waals surface area contributed by atoms with E-state index in [0.29, 0.717) is 18.9 Å². The molecule has 4 rings (SSSR count). The number of carbonyl (C=O) groups is 1. The minimum Gasteiger partial charge on any atom is -0.497 e. The molecule has 1 aromatic heterocycles. The number of carbonyl (C=O) groups excluding carboxylic acids is 1. The van der Waals surface area contributed by atoms with Gasteiger partial charge in [0.2, 0.25) is 5.91 Å². The molecule has 0 radical (unpaired) electrons. The molecule has 1 aliphatic heterocycles. The normalized spacial score (nSPS) is 14.9. The molecule has 0 spiro atoms. The van der Waals surface area contributed by atoms with Gasteiger partial charge in [-0.2, -0.15) is 0 Å². The number of benzene rings is 2. The van der Waals surface area contributed by atoms with Crippen LogP contribution in [0.5, 0.6) is 11.5 Å². The molecule has 0 aliphatic carbocycles. The molecule has 1 aliphatic rings. The van der Waals surface area contributed by atoms with E-state index in [9.17, 15) is 4.79 Å². The predicted molar refractivity (Wildman–Crippen MR) is 133 cm³/mol. The summed E-state index contributed by atoms with van der Waals surface area (Å²) in [6.07, 6.45) is 3.38. The van der Waals surface area contributed by atoms with Gasteiger partial charge >= 0.3 is 0 Å². The zero-order chi connectivity index (χ0) is 23.9. The first kappa shape index (κ1) is 23.9. The number of amides is 1. The molecule has 1 fully saturated rings. The number of allylic oxidation sites excluding steroid dienone is 1. The summed E-state index contributed by atoms with van der Waals surface area (Å²) in [7, 11) is 1.65. The summed E-state index contributed by atoms with van der Waals surface area (Å²) in [5.74, 6) is 1.35. The standard InChI is InChI=1S/C27H32N2O5/c1-4-33-25-17-26-23(24(18-34-26)20-6-5-7-21(15-20)31-3)16-22(25)19(2)14-27(30)28-8-9-29-10-12-32-13-11-29/h5-7,14-18H,4,8-13H2,1-3H3,(H,28,30)/b19-14+. The zero-order valence-corrected chi connectivity index (χ0v) is 20.1. The highest BCUT2D eigenvalue weighted by atomic mass is 16.5. The number of hydrogen-bond donors (Lipinski definition) is 1. The van der Waals surface area contributed by atoms with Crippen molar-refractivity contribution in [1.29, 1.82) is 0 Å². The van der Waals surface area contributed by atoms with Gasteiger partial charge < -0.3 is 23.9 Å². The number of rotatable bonds is 9. The average Bonchev–Trinajstić information content (AvgIpc) is 3.27. The van der Waals surface area contributed by atoms with E-state index in [4.69, 9.17) is 18.6 Å². The lowest BCUT2D eigenvalue weighted by atomic mass is 9.99. The van der Waals surface area contributed by atoms with Crippen molar-refractivity contribution in [3.05, 3.63) is 54.3 Å². The Labute approximate surface area is 200 Å². The van der Waals surface area contributed by atoms with E-state index in [1.54, 1.807) is 19.4 Å². The first-order valence-corrected chi connectivity index (χ1v) is 11.7. The molecule has 1 saturated heterocycles. The molecule has 1 N–H and O–H groups in total. The fourth-order valence-corrected chi connectivity index (χ4v) is 4.14. The molecule has 0 saturated carbocycles. The summed E-state index contributed by atoms with van der Waals surface area (Å²) < 4.78 is 22.5. The topological polar surface area (TPSA) is 73.2 Å². The fraction of sp³-hybridized carbons (Fsp3) is 0.370. The van der Waals surface area contributed by atoms with E-state index in [0.717, 1.165) is 71.8 Å². The van der Waals surface area contributed by atoms with E-state index < -0.39 is 0 Å². The molecule has 1 amide bonds. The van der Waals surface area contributed by atoms with Crippen LogP contribution in [0.15, 0.2) is 53.2 Å². The Kier molecular flexibility index (Phi) is 7.87. The van der Waals surface area contributed by atoms with Crippen molar-refractivity contribution in [2.45, 2.75) is 13.8 Å². The van der Waals surface area contributed by atoms with Crippen molar-refractivity contribution < 1.29 is 23.4 Å². The minimum atomic E-state index is -0.117. The number of furan rings is 1. The van der Waals surface area contributed by atoms with Gasteiger partial charge in [-0.05, 0) is 43.2 Å². The molecule has 180 valence electrons. The van der Waals surface area contributed by atoms with Gasteiger partial charge in [0, 0.05) is 54.8 Å². The van der Waals surface area contributed by atoms with E-state index in [-0.39, 0.29) is 5.91 Å². The summed E-state index contributed by atoms with van der Waals surface area (Å²) in [5.41, 5.74) is 4.37. The maximum atomic E-state index is 12.6. The van der Waals surface area contributed by atoms with Gasteiger partial charge in [-0.3, -0.25) is 9.69 Å². The SMILES string of the molecule is CCOc1cc2occ(-c3cccc(OC)c3)c2cc1/C(C)=C/C(=O)NCCN1CCOCC1. The Morgan fingerprint density at radius 2 is 2.03 bits per heavy atom. The van der Waals surface area contributed by atoms with Crippen LogP contribution in [0.4, 0.5) is 0 Å². The largest absolute Gasteiger partial charge is 0.497 e. The molecule has 3 aromatic rings. The van der Waals surface area contributed by atoms with Gasteiger partial charge in [-0.15, -0.1) is 0 Å². The predicted octanol–water partition coefficient (Wildman–Crippen LogP) is 4.36. The van der Waals surface area contributed by atoms with Crippen molar-refractivity contribution >= 4 is 22.4 Å². The van der Waals surface area contributed by atoms with E-state index >= 15 is 0 Å². The van der Waals surface area contributed by atoms with Crippen LogP contribution >= 0.6 is 0 Å². The van der Waals surface area contributed by atoms with Gasteiger partial charge in [0.15, 0.2) is 0 Å². The number of nitrogens with zero attached hydrogens (tertiary/aromatic N) is 1. The first-order valence-electron chi connectivity index (χ1n) is 11.7. The van der Waals surface area contributed by atoms with Crippen molar-refractivity contribution in [3.63, 3.8) is 0 Å². The van der Waals surface area contributed by atoms with Gasteiger partial charge in [-0.1, -0.05) is 12.1 Å². The van der Waals surface area contributed by atoms with Crippen molar-refractivity contribution in [2.75, 3.05) is 53.1 Å². The Hall–Kier alpha value is -3.29. The second-order valence-electron chi connectivity index (χ2n) is 8.23. The quantitative estimate of drug-likeness (QED) is 0.475. The summed E-state index contributed by atoms with van der Waals surface area (Å²) in [6, 6.07) is 11.8. The molecule has 0 bridgehead atoms. The van der Waals surface area contributed by atoms with Gasteiger partial charge in [0.25, 0.3) is 0 Å². The van der Waals surface area contributed by atoms with Crippen LogP contribution in [0.1, 0.15) is 19.4 Å². The number of hydrogen-bond acceptors (Lipinski definition) is 6. The van der Waals surface area contributed by atoms with Crippen molar-refractivity contribution in [3.8, 4) is 22.6 Å². The van der Waals surface area contributed by atoms with Gasteiger partial charge in [-0.25, -0.2) is 0 Å². The molecular formula is C27H32N2O5. The zero-order valence-electron chi connectivity index (χ0n) is 20.1. The van der Waals surface area contributed by atoms with E-state index in [1.807, 2.05) is 50.2 Å². The van der Waals surface area contributed by atoms with Gasteiger partial charge in [0.05, 0.1) is 33.2 Å². The fourth-order valence-electron chi connectivity index (χ4n) is 4.14. The van der Waals surface area contributed by atoms with Crippen LogP contribution in [0.3, 0.4) is 0 Å². The van der Waals surface area contributed by atoms with E-state index in [1.165, 1.54) is 0 Å². The molecule has 0 atom stereocenters. The highest BCUT2D eigenvalue weighted by Gasteiger charge is 2.16. The van der Waals surface area contributed by atoms with Gasteiger partial charge in [0.1, 0.15) is 17.1 Å². The third-order valence-electron chi connectivity index (χ3n) is 5.96. The van der Waals surface area contributed by atoms with Crippen LogP contribution in [-0.4, -0.2) is 63.9 Å². The maximum absolute atomic E-state index is 12.6. The van der Waals surface area contributed by atoms with Crippen LogP contribution < -0.4 is 14.8 Å². The Morgan fingerprint density at radius 3 is 2.79 bits per heavy atom. The summed E-state index contributed by atoms with van der Waals surface area (Å²) in [4.78, 5) is 14.9. The van der Waals surface area contributed by atoms with Crippen molar-refractivity contribution in [1.82, 2.24) is 10.2 Å². The lowest BCUT2D eigenvalue weighted by Crippen LogP contribution is -2.41. The summed E-state index contributed by atoms with van der Waals surface area (Å²) >= 11 is 0. The number of morpholine rings is 1. The molecule has 2 heterocycles. The summed E-state index contributed by atoms with van der Waals surface area (Å²) in [6.45, 7) is 9.11. The number of fused-ring (bicyclic) bond motifs is 1. The monoisotopic (exact) mass is 464 g/mol. The Morgan fingerprint density at radius 1 is 1.21 bits per heavy atom. The smallest absolute Gasteiger partial charge is 0.244 e. The van der Waals surface area contributed by atoms with Crippen LogP contribution in [0.25, 0.3) is 27.7 Å². The Balaban J connectivity index is 1.57. The molecular weight excluding hydrogens is 432 g/mol. The molecule has 0 unspecified atom stereocenters. The lowest BCUT2D eigenvalue weighted by Gasteiger charge is -2.26. The van der Waals surface area contributed by atoms with Crippen LogP contribution in [0, 0.1) is 0 Å². The van der Waals surface area contributed by atoms with Crippen LogP contribution in [0.2, 0.25) is 0 Å². The molecule has 7 nitrogen and oxygen atoms in total. The minimum absolute atomic E-state index is 0.117. The third-order valence-corrected chi connectivity index (χ3v) is 5.96. The molecule has 34 heavy (non-hydrogen) atoms. The number of ether oxygens (including phenoxy) is 3. The number of methoxy groups -OCH3 is 1. The molecule has 2 aromatic carbocycles. The van der Waals surface area contributed by atoms with Crippen LogP contribution in [-0.2, 0) is 9.53 Å².